The molecule has 0 saturated heterocycles. The van der Waals surface area contributed by atoms with Crippen molar-refractivity contribution in [1.29, 1.82) is 0 Å². The van der Waals surface area contributed by atoms with Gasteiger partial charge >= 0.3 is 0 Å². The van der Waals surface area contributed by atoms with Gasteiger partial charge in [0.2, 0.25) is 0 Å². The summed E-state index contributed by atoms with van der Waals surface area (Å²) < 4.78 is 0. The Morgan fingerprint density at radius 3 is 2.55 bits per heavy atom. The molecule has 2 aromatic carbocycles. The lowest BCUT2D eigenvalue weighted by atomic mass is 10.0. The number of alkyl halides is 1. The van der Waals surface area contributed by atoms with Crippen LogP contribution < -0.4 is 0 Å². The van der Waals surface area contributed by atoms with Crippen LogP contribution in [0.15, 0.2) is 48.5 Å². The van der Waals surface area contributed by atoms with Crippen molar-refractivity contribution in [3.05, 3.63) is 69.4 Å². The summed E-state index contributed by atoms with van der Waals surface area (Å²) in [5, 5.41) is 2.65. The summed E-state index contributed by atoms with van der Waals surface area (Å²) in [4.78, 5) is 2.64. The molecule has 1 atom stereocenters. The highest BCUT2D eigenvalue weighted by atomic mass is 35.5. The number of aryl methyl sites for hydroxylation is 2. The molecule has 0 nitrogen and oxygen atoms in total. The molecule has 3 aromatic rings. The maximum absolute atomic E-state index is 6.64. The normalized spacial score (nSPS) is 12.8. The molecule has 2 heteroatoms. The number of benzene rings is 2. The maximum atomic E-state index is 6.64. The second kappa shape index (κ2) is 5.59. The summed E-state index contributed by atoms with van der Waals surface area (Å²) in [5.41, 5.74) is 2.67. The van der Waals surface area contributed by atoms with Crippen molar-refractivity contribution in [2.75, 3.05) is 0 Å². The van der Waals surface area contributed by atoms with Crippen LogP contribution in [0.25, 0.3) is 10.8 Å². The molecule has 20 heavy (non-hydrogen) atoms. The van der Waals surface area contributed by atoms with Crippen molar-refractivity contribution in [1.82, 2.24) is 0 Å². The molecule has 0 aliphatic carbocycles. The largest absolute Gasteiger partial charge is 0.144 e. The molecule has 0 amide bonds. The topological polar surface area (TPSA) is 0 Å². The van der Waals surface area contributed by atoms with Crippen molar-refractivity contribution >= 4 is 33.7 Å². The standard InChI is InChI=1S/C18H17ClS/c1-12-10-18(20-13(12)2)17(19)11-15-8-5-7-14-6-3-4-9-16(14)15/h3-10,17H,11H2,1-2H3. The molecule has 0 spiro atoms. The van der Waals surface area contributed by atoms with Gasteiger partial charge < -0.3 is 0 Å². The first kappa shape index (κ1) is 13.7. The molecular weight excluding hydrogens is 284 g/mol. The van der Waals surface area contributed by atoms with E-state index in [0.717, 1.165) is 6.42 Å². The Labute approximate surface area is 129 Å². The van der Waals surface area contributed by atoms with Crippen LogP contribution >= 0.6 is 22.9 Å². The van der Waals surface area contributed by atoms with Crippen molar-refractivity contribution in [3.8, 4) is 0 Å². The number of halogens is 1. The summed E-state index contributed by atoms with van der Waals surface area (Å²) in [5.74, 6) is 0. The van der Waals surface area contributed by atoms with Crippen LogP contribution in [0.5, 0.6) is 0 Å². The molecule has 0 N–H and O–H groups in total. The van der Waals surface area contributed by atoms with Gasteiger partial charge in [-0.2, -0.15) is 0 Å². The molecule has 0 saturated carbocycles. The highest BCUT2D eigenvalue weighted by Crippen LogP contribution is 2.34. The average Bonchev–Trinajstić information content (AvgIpc) is 2.79. The summed E-state index contributed by atoms with van der Waals surface area (Å²) in [7, 11) is 0. The van der Waals surface area contributed by atoms with Gasteiger partial charge in [-0.3, -0.25) is 0 Å². The van der Waals surface area contributed by atoms with E-state index in [4.69, 9.17) is 11.6 Å². The van der Waals surface area contributed by atoms with Gasteiger partial charge in [0, 0.05) is 9.75 Å². The molecule has 0 fully saturated rings. The van der Waals surface area contributed by atoms with E-state index in [9.17, 15) is 0 Å². The van der Waals surface area contributed by atoms with Crippen LogP contribution in [0.4, 0.5) is 0 Å². The fourth-order valence-corrected chi connectivity index (χ4v) is 3.90. The highest BCUT2D eigenvalue weighted by molar-refractivity contribution is 7.12. The summed E-state index contributed by atoms with van der Waals surface area (Å²) in [6.07, 6.45) is 0.877. The van der Waals surface area contributed by atoms with Gasteiger partial charge in [-0.1, -0.05) is 42.5 Å². The third-order valence-corrected chi connectivity index (χ3v) is 5.56. The maximum Gasteiger partial charge on any atom is 0.0719 e. The minimum Gasteiger partial charge on any atom is -0.144 e. The number of rotatable bonds is 3. The van der Waals surface area contributed by atoms with Crippen molar-refractivity contribution in [2.24, 2.45) is 0 Å². The van der Waals surface area contributed by atoms with E-state index >= 15 is 0 Å². The monoisotopic (exact) mass is 300 g/mol. The zero-order chi connectivity index (χ0) is 14.1. The van der Waals surface area contributed by atoms with E-state index in [0.29, 0.717) is 0 Å². The second-order valence-corrected chi connectivity index (χ2v) is 7.01. The van der Waals surface area contributed by atoms with Gasteiger partial charge in [0.05, 0.1) is 5.38 Å². The minimum atomic E-state index is 0.0539. The highest BCUT2D eigenvalue weighted by Gasteiger charge is 2.14. The van der Waals surface area contributed by atoms with E-state index in [2.05, 4.69) is 62.4 Å². The summed E-state index contributed by atoms with van der Waals surface area (Å²) in [6, 6.07) is 17.2. The number of hydrogen-bond donors (Lipinski definition) is 0. The van der Waals surface area contributed by atoms with E-state index in [-0.39, 0.29) is 5.38 Å². The summed E-state index contributed by atoms with van der Waals surface area (Å²) in [6.45, 7) is 4.31. The third kappa shape index (κ3) is 2.61. The Bertz CT molecular complexity index is 717. The van der Waals surface area contributed by atoms with Crippen molar-refractivity contribution in [2.45, 2.75) is 25.6 Å². The summed E-state index contributed by atoms with van der Waals surface area (Å²) >= 11 is 8.45. The minimum absolute atomic E-state index is 0.0539. The lowest BCUT2D eigenvalue weighted by Gasteiger charge is -2.10. The lowest BCUT2D eigenvalue weighted by Crippen LogP contribution is -1.94. The van der Waals surface area contributed by atoms with Gasteiger partial charge in [0.25, 0.3) is 0 Å². The Morgan fingerprint density at radius 1 is 1.05 bits per heavy atom. The Hall–Kier alpha value is -1.31. The number of thiophene rings is 1. The zero-order valence-electron chi connectivity index (χ0n) is 11.7. The molecule has 0 bridgehead atoms. The van der Waals surface area contributed by atoms with E-state index in [1.807, 2.05) is 11.3 Å². The molecule has 0 aliphatic heterocycles. The Kier molecular flexibility index (Phi) is 3.82. The average molecular weight is 301 g/mol. The van der Waals surface area contributed by atoms with Crippen LogP contribution in [-0.4, -0.2) is 0 Å². The third-order valence-electron chi connectivity index (χ3n) is 3.77. The Morgan fingerprint density at radius 2 is 1.80 bits per heavy atom. The number of hydrogen-bond acceptors (Lipinski definition) is 1. The van der Waals surface area contributed by atoms with Gasteiger partial charge in [-0.05, 0) is 48.2 Å². The van der Waals surface area contributed by atoms with Crippen molar-refractivity contribution < 1.29 is 0 Å². The first-order valence-corrected chi connectivity index (χ1v) is 8.08. The van der Waals surface area contributed by atoms with Gasteiger partial charge in [-0.15, -0.1) is 22.9 Å². The zero-order valence-corrected chi connectivity index (χ0v) is 13.3. The molecule has 3 rings (SSSR count). The molecule has 1 aromatic heterocycles. The van der Waals surface area contributed by atoms with Crippen molar-refractivity contribution in [3.63, 3.8) is 0 Å². The smallest absolute Gasteiger partial charge is 0.0719 e. The molecule has 0 aliphatic rings. The van der Waals surface area contributed by atoms with E-state index in [1.54, 1.807) is 0 Å². The van der Waals surface area contributed by atoms with Gasteiger partial charge in [0.15, 0.2) is 0 Å². The van der Waals surface area contributed by atoms with Crippen LogP contribution in [0.1, 0.15) is 26.3 Å². The molecule has 102 valence electrons. The lowest BCUT2D eigenvalue weighted by molar-refractivity contribution is 0.947. The predicted molar refractivity (Wildman–Crippen MR) is 90.0 cm³/mol. The fourth-order valence-electron chi connectivity index (χ4n) is 2.52. The van der Waals surface area contributed by atoms with E-state index in [1.165, 1.54) is 31.7 Å². The first-order valence-electron chi connectivity index (χ1n) is 6.83. The number of fused-ring (bicyclic) bond motifs is 1. The van der Waals surface area contributed by atoms with Crippen LogP contribution in [0.2, 0.25) is 0 Å². The predicted octanol–water partition coefficient (Wildman–Crippen LogP) is 6.04. The SMILES string of the molecule is Cc1cc(C(Cl)Cc2cccc3ccccc23)sc1C. The van der Waals surface area contributed by atoms with E-state index < -0.39 is 0 Å². The molecular formula is C18H17ClS. The van der Waals surface area contributed by atoms with Crippen LogP contribution in [0.3, 0.4) is 0 Å². The molecule has 1 unspecified atom stereocenters. The van der Waals surface area contributed by atoms with Gasteiger partial charge in [-0.25, -0.2) is 0 Å². The molecule has 0 radical (unpaired) electrons. The van der Waals surface area contributed by atoms with Crippen LogP contribution in [-0.2, 0) is 6.42 Å². The quantitative estimate of drug-likeness (QED) is 0.517. The first-order chi connectivity index (χ1) is 9.65. The van der Waals surface area contributed by atoms with Crippen LogP contribution in [0, 0.1) is 13.8 Å². The fraction of sp³-hybridized carbons (Fsp3) is 0.222. The van der Waals surface area contributed by atoms with Gasteiger partial charge in [0.1, 0.15) is 0 Å². The molecule has 1 heterocycles. The Balaban J connectivity index is 1.93. The second-order valence-electron chi connectivity index (χ2n) is 5.20.